The second kappa shape index (κ2) is 6.00. The molecule has 1 aliphatic carbocycles. The van der Waals surface area contributed by atoms with Crippen LogP contribution in [0.1, 0.15) is 26.2 Å². The molecule has 0 amide bonds. The first-order valence-electron chi connectivity index (χ1n) is 5.59. The molecule has 0 saturated heterocycles. The fourth-order valence-electron chi connectivity index (χ4n) is 1.69. The number of rotatable bonds is 7. The van der Waals surface area contributed by atoms with E-state index in [1.807, 2.05) is 7.05 Å². The van der Waals surface area contributed by atoms with Crippen LogP contribution in [0, 0.1) is 17.2 Å². The van der Waals surface area contributed by atoms with Crippen LogP contribution in [0.3, 0.4) is 0 Å². The van der Waals surface area contributed by atoms with Crippen LogP contribution in [0.4, 0.5) is 0 Å². The lowest BCUT2D eigenvalue weighted by atomic mass is 10.2. The van der Waals surface area contributed by atoms with Crippen LogP contribution in [0.2, 0.25) is 0 Å². The highest BCUT2D eigenvalue weighted by atomic mass is 15.1. The maximum absolute atomic E-state index is 8.85. The molecule has 1 fully saturated rings. The van der Waals surface area contributed by atoms with E-state index < -0.39 is 0 Å². The maximum atomic E-state index is 8.85. The summed E-state index contributed by atoms with van der Waals surface area (Å²) >= 11 is 0. The second-order valence-corrected chi connectivity index (χ2v) is 4.17. The normalized spacial score (nSPS) is 18.1. The first-order chi connectivity index (χ1) is 6.80. The van der Waals surface area contributed by atoms with Crippen LogP contribution >= 0.6 is 0 Å². The highest BCUT2D eigenvalue weighted by Crippen LogP contribution is 2.29. The second-order valence-electron chi connectivity index (χ2n) is 4.17. The van der Waals surface area contributed by atoms with Crippen molar-refractivity contribution in [1.82, 2.24) is 10.2 Å². The summed E-state index contributed by atoms with van der Waals surface area (Å²) in [6.45, 7) is 5.38. The largest absolute Gasteiger partial charge is 0.304 e. The van der Waals surface area contributed by atoms with E-state index in [1.54, 1.807) is 0 Å². The molecule has 0 aromatic heterocycles. The van der Waals surface area contributed by atoms with Crippen molar-refractivity contribution < 1.29 is 0 Å². The number of hydrogen-bond donors (Lipinski definition) is 1. The van der Waals surface area contributed by atoms with Crippen LogP contribution in [0.25, 0.3) is 0 Å². The number of hydrogen-bond acceptors (Lipinski definition) is 3. The van der Waals surface area contributed by atoms with Crippen molar-refractivity contribution in [3.05, 3.63) is 0 Å². The van der Waals surface area contributed by atoms with Gasteiger partial charge in [0, 0.05) is 13.1 Å². The lowest BCUT2D eigenvalue weighted by molar-refractivity contribution is 0.251. The Morgan fingerprint density at radius 1 is 1.57 bits per heavy atom. The first kappa shape index (κ1) is 11.5. The molecule has 1 rings (SSSR count). The SMILES string of the molecule is CCCN(CC1CC1)CC(C#N)NC. The molecule has 3 heteroatoms. The Bertz CT molecular complexity index is 193. The molecule has 1 saturated carbocycles. The topological polar surface area (TPSA) is 39.1 Å². The number of nitriles is 1. The lowest BCUT2D eigenvalue weighted by Crippen LogP contribution is -2.39. The van der Waals surface area contributed by atoms with Crippen LogP contribution in [0.5, 0.6) is 0 Å². The summed E-state index contributed by atoms with van der Waals surface area (Å²) in [7, 11) is 1.86. The number of nitrogens with one attached hydrogen (secondary N) is 1. The highest BCUT2D eigenvalue weighted by Gasteiger charge is 2.24. The Morgan fingerprint density at radius 2 is 2.29 bits per heavy atom. The van der Waals surface area contributed by atoms with E-state index in [2.05, 4.69) is 23.2 Å². The number of likely N-dealkylation sites (N-methyl/N-ethyl adjacent to an activating group) is 1. The molecule has 80 valence electrons. The Kier molecular flexibility index (Phi) is 4.92. The van der Waals surface area contributed by atoms with E-state index in [9.17, 15) is 0 Å². The summed E-state index contributed by atoms with van der Waals surface area (Å²) in [5, 5.41) is 11.9. The summed E-state index contributed by atoms with van der Waals surface area (Å²) in [4.78, 5) is 2.42. The summed E-state index contributed by atoms with van der Waals surface area (Å²) in [6.07, 6.45) is 3.95. The van der Waals surface area contributed by atoms with Crippen LogP contribution < -0.4 is 5.32 Å². The fraction of sp³-hybridized carbons (Fsp3) is 0.909. The highest BCUT2D eigenvalue weighted by molar-refractivity contribution is 4.92. The van der Waals surface area contributed by atoms with Crippen molar-refractivity contribution in [3.63, 3.8) is 0 Å². The molecular weight excluding hydrogens is 174 g/mol. The summed E-state index contributed by atoms with van der Waals surface area (Å²) in [6, 6.07) is 2.27. The van der Waals surface area contributed by atoms with Gasteiger partial charge in [0.1, 0.15) is 6.04 Å². The van der Waals surface area contributed by atoms with Crippen molar-refractivity contribution in [2.24, 2.45) is 5.92 Å². The van der Waals surface area contributed by atoms with Crippen molar-refractivity contribution in [1.29, 1.82) is 5.26 Å². The van der Waals surface area contributed by atoms with Gasteiger partial charge in [0.15, 0.2) is 0 Å². The molecule has 0 heterocycles. The van der Waals surface area contributed by atoms with E-state index in [0.717, 1.165) is 19.0 Å². The molecule has 0 radical (unpaired) electrons. The maximum Gasteiger partial charge on any atom is 0.108 e. The van der Waals surface area contributed by atoms with Crippen molar-refractivity contribution in [2.45, 2.75) is 32.2 Å². The zero-order valence-electron chi connectivity index (χ0n) is 9.29. The Morgan fingerprint density at radius 3 is 2.71 bits per heavy atom. The molecular formula is C11H21N3. The first-order valence-corrected chi connectivity index (χ1v) is 5.59. The Balaban J connectivity index is 2.28. The van der Waals surface area contributed by atoms with Crippen molar-refractivity contribution in [3.8, 4) is 6.07 Å². The Hall–Kier alpha value is -0.590. The van der Waals surface area contributed by atoms with Crippen molar-refractivity contribution in [2.75, 3.05) is 26.7 Å². The van der Waals surface area contributed by atoms with Crippen LogP contribution in [-0.4, -0.2) is 37.6 Å². The summed E-state index contributed by atoms with van der Waals surface area (Å²) in [5.41, 5.74) is 0. The van der Waals surface area contributed by atoms with E-state index in [0.29, 0.717) is 0 Å². The van der Waals surface area contributed by atoms with Gasteiger partial charge in [0.2, 0.25) is 0 Å². The molecule has 0 aromatic carbocycles. The number of nitrogens with zero attached hydrogens (tertiary/aromatic N) is 2. The van der Waals surface area contributed by atoms with Gasteiger partial charge in [-0.15, -0.1) is 0 Å². The zero-order chi connectivity index (χ0) is 10.4. The minimum Gasteiger partial charge on any atom is -0.304 e. The molecule has 1 aliphatic rings. The molecule has 0 aliphatic heterocycles. The minimum absolute atomic E-state index is 0.0136. The third kappa shape index (κ3) is 4.08. The predicted molar refractivity (Wildman–Crippen MR) is 57.9 cm³/mol. The quantitative estimate of drug-likeness (QED) is 0.664. The molecule has 0 spiro atoms. The van der Waals surface area contributed by atoms with Gasteiger partial charge in [-0.25, -0.2) is 0 Å². The predicted octanol–water partition coefficient (Wildman–Crippen LogP) is 1.22. The molecule has 1 unspecified atom stereocenters. The third-order valence-electron chi connectivity index (χ3n) is 2.70. The van der Waals surface area contributed by atoms with E-state index in [4.69, 9.17) is 5.26 Å². The lowest BCUT2D eigenvalue weighted by Gasteiger charge is -2.23. The van der Waals surface area contributed by atoms with Crippen molar-refractivity contribution >= 4 is 0 Å². The summed E-state index contributed by atoms with van der Waals surface area (Å²) in [5.74, 6) is 0.915. The molecule has 1 atom stereocenters. The van der Waals surface area contributed by atoms with Crippen LogP contribution in [0.15, 0.2) is 0 Å². The molecule has 14 heavy (non-hydrogen) atoms. The zero-order valence-corrected chi connectivity index (χ0v) is 9.29. The average Bonchev–Trinajstić information content (AvgIpc) is 2.98. The standard InChI is InChI=1S/C11H21N3/c1-3-6-14(8-10-4-5-10)9-11(7-12)13-2/h10-11,13H,3-6,8-9H2,1-2H3. The molecule has 3 nitrogen and oxygen atoms in total. The van der Waals surface area contributed by atoms with Gasteiger partial charge in [0.25, 0.3) is 0 Å². The van der Waals surface area contributed by atoms with Gasteiger partial charge in [-0.3, -0.25) is 0 Å². The smallest absolute Gasteiger partial charge is 0.108 e. The average molecular weight is 195 g/mol. The van der Waals surface area contributed by atoms with Gasteiger partial charge in [-0.05, 0) is 38.8 Å². The van der Waals surface area contributed by atoms with Gasteiger partial charge in [-0.2, -0.15) is 5.26 Å². The molecule has 1 N–H and O–H groups in total. The van der Waals surface area contributed by atoms with Gasteiger partial charge < -0.3 is 10.2 Å². The van der Waals surface area contributed by atoms with Gasteiger partial charge in [0.05, 0.1) is 6.07 Å². The molecule has 0 aromatic rings. The summed E-state index contributed by atoms with van der Waals surface area (Å²) < 4.78 is 0. The van der Waals surface area contributed by atoms with Gasteiger partial charge >= 0.3 is 0 Å². The van der Waals surface area contributed by atoms with E-state index >= 15 is 0 Å². The molecule has 0 bridgehead atoms. The van der Waals surface area contributed by atoms with E-state index in [1.165, 1.54) is 25.8 Å². The third-order valence-corrected chi connectivity index (χ3v) is 2.70. The van der Waals surface area contributed by atoms with E-state index in [-0.39, 0.29) is 6.04 Å². The minimum atomic E-state index is -0.0136. The van der Waals surface area contributed by atoms with Crippen LogP contribution in [-0.2, 0) is 0 Å². The Labute approximate surface area is 87.1 Å². The monoisotopic (exact) mass is 195 g/mol. The van der Waals surface area contributed by atoms with Gasteiger partial charge in [-0.1, -0.05) is 6.92 Å². The fourth-order valence-corrected chi connectivity index (χ4v) is 1.69.